The van der Waals surface area contributed by atoms with Crippen molar-refractivity contribution in [2.24, 2.45) is 4.99 Å². The third-order valence-electron chi connectivity index (χ3n) is 3.17. The third-order valence-corrected chi connectivity index (χ3v) is 3.17. The molecule has 3 N–H and O–H groups in total. The number of nitrogens with one attached hydrogen (secondary N) is 3. The van der Waals surface area contributed by atoms with Crippen molar-refractivity contribution in [3.8, 4) is 11.5 Å². The molecule has 0 aliphatic carbocycles. The van der Waals surface area contributed by atoms with Gasteiger partial charge in [-0.2, -0.15) is 0 Å². The first-order valence-electron chi connectivity index (χ1n) is 8.19. The van der Waals surface area contributed by atoms with Crippen molar-refractivity contribution in [3.63, 3.8) is 0 Å². The molecular weight excluding hydrogens is 308 g/mol. The van der Waals surface area contributed by atoms with E-state index in [9.17, 15) is 4.79 Å². The Morgan fingerprint density at radius 2 is 1.96 bits per heavy atom. The summed E-state index contributed by atoms with van der Waals surface area (Å²) in [4.78, 5) is 15.7. The zero-order chi connectivity index (χ0) is 17.8. The molecule has 0 heterocycles. The summed E-state index contributed by atoms with van der Waals surface area (Å²) in [6, 6.07) is 5.56. The quantitative estimate of drug-likeness (QED) is 0.474. The topological polar surface area (TPSA) is 84.0 Å². The van der Waals surface area contributed by atoms with Gasteiger partial charge in [0.1, 0.15) is 0 Å². The van der Waals surface area contributed by atoms with Gasteiger partial charge in [-0.3, -0.25) is 9.79 Å². The number of benzene rings is 1. The Labute approximate surface area is 143 Å². The molecular formula is C17H28N4O3. The van der Waals surface area contributed by atoms with Gasteiger partial charge < -0.3 is 25.4 Å². The molecule has 0 spiro atoms. The zero-order valence-corrected chi connectivity index (χ0v) is 14.9. The van der Waals surface area contributed by atoms with Crippen LogP contribution in [0, 0.1) is 0 Å². The number of methoxy groups -OCH3 is 1. The van der Waals surface area contributed by atoms with E-state index >= 15 is 0 Å². The lowest BCUT2D eigenvalue weighted by atomic mass is 10.2. The Bertz CT molecular complexity index is 547. The van der Waals surface area contributed by atoms with Crippen LogP contribution >= 0.6 is 0 Å². The minimum atomic E-state index is 0.0304. The molecule has 1 amide bonds. The average molecular weight is 336 g/mol. The maximum Gasteiger partial charge on any atom is 0.221 e. The zero-order valence-electron chi connectivity index (χ0n) is 14.9. The molecule has 0 aliphatic heterocycles. The minimum absolute atomic E-state index is 0.0304. The Morgan fingerprint density at radius 3 is 2.58 bits per heavy atom. The fourth-order valence-electron chi connectivity index (χ4n) is 1.99. The molecule has 0 radical (unpaired) electrons. The number of guanidine groups is 1. The van der Waals surface area contributed by atoms with E-state index in [1.807, 2.05) is 32.0 Å². The van der Waals surface area contributed by atoms with Crippen molar-refractivity contribution in [1.29, 1.82) is 0 Å². The van der Waals surface area contributed by atoms with Gasteiger partial charge in [0.25, 0.3) is 0 Å². The predicted octanol–water partition coefficient (Wildman–Crippen LogP) is 2.00. The highest BCUT2D eigenvalue weighted by Crippen LogP contribution is 2.30. The fourth-order valence-corrected chi connectivity index (χ4v) is 1.99. The van der Waals surface area contributed by atoms with E-state index in [4.69, 9.17) is 9.47 Å². The highest BCUT2D eigenvalue weighted by atomic mass is 16.5. The van der Waals surface area contributed by atoms with Gasteiger partial charge in [-0.25, -0.2) is 0 Å². The lowest BCUT2D eigenvalue weighted by molar-refractivity contribution is -0.120. The predicted molar refractivity (Wildman–Crippen MR) is 97.1 cm³/mol. The van der Waals surface area contributed by atoms with E-state index in [1.165, 1.54) is 0 Å². The number of rotatable bonds is 9. The second kappa shape index (κ2) is 11.2. The van der Waals surface area contributed by atoms with Gasteiger partial charge >= 0.3 is 0 Å². The summed E-state index contributed by atoms with van der Waals surface area (Å²) >= 11 is 0. The molecule has 0 saturated carbocycles. The molecule has 7 heteroatoms. The Hall–Kier alpha value is -2.44. The molecule has 0 bridgehead atoms. The van der Waals surface area contributed by atoms with E-state index in [-0.39, 0.29) is 5.91 Å². The molecule has 1 aromatic rings. The normalized spacial score (nSPS) is 10.9. The van der Waals surface area contributed by atoms with Crippen molar-refractivity contribution in [1.82, 2.24) is 10.6 Å². The highest BCUT2D eigenvalue weighted by molar-refractivity contribution is 5.94. The number of carbonyl (C=O) groups is 1. The van der Waals surface area contributed by atoms with E-state index in [2.05, 4.69) is 20.9 Å². The highest BCUT2D eigenvalue weighted by Gasteiger charge is 2.07. The molecule has 0 unspecified atom stereocenters. The standard InChI is InChI=1S/C17H28N4O3/c1-5-10-19-16(22)9-11-20-17(18-3)21-13-7-8-14(23-4)15(12-13)24-6-2/h7-8,12H,5-6,9-11H2,1-4H3,(H,19,22)(H2,18,20,21). The molecule has 0 aliphatic rings. The summed E-state index contributed by atoms with van der Waals surface area (Å²) in [7, 11) is 3.29. The van der Waals surface area contributed by atoms with E-state index in [1.54, 1.807) is 14.2 Å². The summed E-state index contributed by atoms with van der Waals surface area (Å²) in [5.74, 6) is 1.96. The van der Waals surface area contributed by atoms with Crippen LogP contribution in [0.25, 0.3) is 0 Å². The van der Waals surface area contributed by atoms with Crippen molar-refractivity contribution in [3.05, 3.63) is 18.2 Å². The van der Waals surface area contributed by atoms with Gasteiger partial charge in [0.2, 0.25) is 5.91 Å². The molecule has 24 heavy (non-hydrogen) atoms. The van der Waals surface area contributed by atoms with Gasteiger partial charge in [-0.15, -0.1) is 0 Å². The van der Waals surface area contributed by atoms with Crippen LogP contribution in [-0.4, -0.2) is 45.7 Å². The molecule has 0 fully saturated rings. The van der Waals surface area contributed by atoms with E-state index in [0.717, 1.165) is 12.1 Å². The Kier molecular flexibility index (Phi) is 9.11. The molecule has 1 rings (SSSR count). The second-order valence-corrected chi connectivity index (χ2v) is 5.02. The lowest BCUT2D eigenvalue weighted by Gasteiger charge is -2.14. The van der Waals surface area contributed by atoms with Crippen LogP contribution in [0.3, 0.4) is 0 Å². The molecule has 0 saturated heterocycles. The van der Waals surface area contributed by atoms with E-state index in [0.29, 0.717) is 43.6 Å². The summed E-state index contributed by atoms with van der Waals surface area (Å²) in [6.07, 6.45) is 1.33. The third kappa shape index (κ3) is 6.76. The number of hydrogen-bond donors (Lipinski definition) is 3. The monoisotopic (exact) mass is 336 g/mol. The maximum absolute atomic E-state index is 11.6. The number of amides is 1. The van der Waals surface area contributed by atoms with Crippen LogP contribution in [0.2, 0.25) is 0 Å². The van der Waals surface area contributed by atoms with Crippen LogP contribution in [0.4, 0.5) is 5.69 Å². The SMILES string of the molecule is CCCNC(=O)CCNC(=NC)Nc1ccc(OC)c(OCC)c1. The number of ether oxygens (including phenoxy) is 2. The first-order valence-corrected chi connectivity index (χ1v) is 8.19. The van der Waals surface area contributed by atoms with Crippen molar-refractivity contribution in [2.45, 2.75) is 26.7 Å². The second-order valence-electron chi connectivity index (χ2n) is 5.02. The first-order chi connectivity index (χ1) is 11.6. The van der Waals surface area contributed by atoms with Crippen molar-refractivity contribution < 1.29 is 14.3 Å². The van der Waals surface area contributed by atoms with Crippen molar-refractivity contribution >= 4 is 17.6 Å². The van der Waals surface area contributed by atoms with Gasteiger partial charge in [0, 0.05) is 38.3 Å². The minimum Gasteiger partial charge on any atom is -0.493 e. The Balaban J connectivity index is 2.56. The van der Waals surface area contributed by atoms with Gasteiger partial charge in [-0.05, 0) is 25.5 Å². The van der Waals surface area contributed by atoms with E-state index < -0.39 is 0 Å². The number of hydrogen-bond acceptors (Lipinski definition) is 4. The summed E-state index contributed by atoms with van der Waals surface area (Å²) in [5, 5.41) is 9.12. The number of aliphatic imine (C=N–C) groups is 1. The molecule has 1 aromatic carbocycles. The first kappa shape index (κ1) is 19.6. The largest absolute Gasteiger partial charge is 0.493 e. The molecule has 134 valence electrons. The summed E-state index contributed by atoms with van der Waals surface area (Å²) in [6.45, 7) is 5.71. The van der Waals surface area contributed by atoms with Gasteiger partial charge in [0.05, 0.1) is 13.7 Å². The van der Waals surface area contributed by atoms with Gasteiger partial charge in [0.15, 0.2) is 17.5 Å². The smallest absolute Gasteiger partial charge is 0.221 e. The van der Waals surface area contributed by atoms with Gasteiger partial charge in [-0.1, -0.05) is 6.92 Å². The summed E-state index contributed by atoms with van der Waals surface area (Å²) in [5.41, 5.74) is 0.822. The van der Waals surface area contributed by atoms with Crippen LogP contribution < -0.4 is 25.4 Å². The fraction of sp³-hybridized carbons (Fsp3) is 0.529. The maximum atomic E-state index is 11.6. The average Bonchev–Trinajstić information content (AvgIpc) is 2.59. The summed E-state index contributed by atoms with van der Waals surface area (Å²) < 4.78 is 10.8. The number of anilines is 1. The van der Waals surface area contributed by atoms with Crippen LogP contribution in [0.5, 0.6) is 11.5 Å². The molecule has 0 atom stereocenters. The van der Waals surface area contributed by atoms with Crippen molar-refractivity contribution in [2.75, 3.05) is 39.2 Å². The number of carbonyl (C=O) groups excluding carboxylic acids is 1. The van der Waals surface area contributed by atoms with Crippen LogP contribution in [0.15, 0.2) is 23.2 Å². The Morgan fingerprint density at radius 1 is 1.17 bits per heavy atom. The molecule has 7 nitrogen and oxygen atoms in total. The number of nitrogens with zero attached hydrogens (tertiary/aromatic N) is 1. The van der Waals surface area contributed by atoms with Crippen LogP contribution in [-0.2, 0) is 4.79 Å². The molecule has 0 aromatic heterocycles. The lowest BCUT2D eigenvalue weighted by Crippen LogP contribution is -2.34. The van der Waals surface area contributed by atoms with Crippen LogP contribution in [0.1, 0.15) is 26.7 Å².